The predicted molar refractivity (Wildman–Crippen MR) is 66.0 cm³/mol. The van der Waals surface area contributed by atoms with E-state index in [0.717, 1.165) is 21.5 Å². The Balaban J connectivity index is 1.88. The van der Waals surface area contributed by atoms with Crippen molar-refractivity contribution in [3.8, 4) is 11.5 Å². The van der Waals surface area contributed by atoms with E-state index in [1.165, 1.54) is 0 Å². The van der Waals surface area contributed by atoms with E-state index in [9.17, 15) is 0 Å². The molecule has 0 aliphatic carbocycles. The smallest absolute Gasteiger partial charge is 0.231 e. The fourth-order valence-corrected chi connectivity index (χ4v) is 2.01. The summed E-state index contributed by atoms with van der Waals surface area (Å²) >= 11 is 3.33. The van der Waals surface area contributed by atoms with Crippen molar-refractivity contribution in [1.82, 2.24) is 9.78 Å². The van der Waals surface area contributed by atoms with Crippen LogP contribution in [-0.2, 0) is 6.54 Å². The lowest BCUT2D eigenvalue weighted by Crippen LogP contribution is -2.05. The topological polar surface area (TPSA) is 62.3 Å². The van der Waals surface area contributed by atoms with Crippen LogP contribution in [0, 0.1) is 0 Å². The van der Waals surface area contributed by atoms with Gasteiger partial charge in [-0.1, -0.05) is 6.07 Å². The Hall–Kier alpha value is -1.69. The van der Waals surface area contributed by atoms with E-state index in [2.05, 4.69) is 21.0 Å². The molecule has 1 aliphatic heterocycles. The van der Waals surface area contributed by atoms with Gasteiger partial charge in [-0.3, -0.25) is 0 Å². The summed E-state index contributed by atoms with van der Waals surface area (Å²) in [4.78, 5) is 0. The maximum atomic E-state index is 5.86. The summed E-state index contributed by atoms with van der Waals surface area (Å²) < 4.78 is 13.1. The third kappa shape index (κ3) is 1.84. The molecule has 1 aromatic heterocycles. The van der Waals surface area contributed by atoms with Crippen molar-refractivity contribution in [3.05, 3.63) is 34.4 Å². The van der Waals surface area contributed by atoms with Gasteiger partial charge in [0.25, 0.3) is 0 Å². The van der Waals surface area contributed by atoms with E-state index in [1.807, 2.05) is 18.2 Å². The Kier molecular flexibility index (Phi) is 2.44. The Morgan fingerprint density at radius 2 is 2.18 bits per heavy atom. The van der Waals surface area contributed by atoms with Crippen molar-refractivity contribution >= 4 is 21.7 Å². The molecule has 2 heterocycles. The number of hydrogen-bond acceptors (Lipinski definition) is 4. The van der Waals surface area contributed by atoms with Crippen LogP contribution in [0.1, 0.15) is 5.56 Å². The first-order valence-electron chi connectivity index (χ1n) is 5.09. The van der Waals surface area contributed by atoms with Crippen molar-refractivity contribution in [2.24, 2.45) is 0 Å². The average molecular weight is 296 g/mol. The number of rotatable bonds is 2. The number of aromatic nitrogens is 2. The standard InChI is InChI=1S/C11H10BrN3O2/c12-8-4-14-15(11(8)13)5-7-1-2-9-10(3-7)17-6-16-9/h1-4H,5-6,13H2. The van der Waals surface area contributed by atoms with Gasteiger partial charge in [-0.2, -0.15) is 5.10 Å². The molecule has 0 unspecified atom stereocenters. The largest absolute Gasteiger partial charge is 0.454 e. The zero-order valence-electron chi connectivity index (χ0n) is 8.89. The minimum Gasteiger partial charge on any atom is -0.454 e. The summed E-state index contributed by atoms with van der Waals surface area (Å²) in [5.74, 6) is 2.17. The molecule has 5 nitrogen and oxygen atoms in total. The van der Waals surface area contributed by atoms with Gasteiger partial charge in [0.2, 0.25) is 6.79 Å². The number of hydrogen-bond donors (Lipinski definition) is 1. The zero-order chi connectivity index (χ0) is 11.8. The normalized spacial score (nSPS) is 13.0. The molecule has 0 atom stereocenters. The maximum Gasteiger partial charge on any atom is 0.231 e. The zero-order valence-corrected chi connectivity index (χ0v) is 10.5. The van der Waals surface area contributed by atoms with Crippen molar-refractivity contribution < 1.29 is 9.47 Å². The maximum absolute atomic E-state index is 5.86. The molecule has 1 aliphatic rings. The van der Waals surface area contributed by atoms with Gasteiger partial charge in [0.15, 0.2) is 11.5 Å². The molecule has 0 radical (unpaired) electrons. The number of fused-ring (bicyclic) bond motifs is 1. The lowest BCUT2D eigenvalue weighted by molar-refractivity contribution is 0.174. The lowest BCUT2D eigenvalue weighted by Gasteiger charge is -2.05. The minimum atomic E-state index is 0.286. The Morgan fingerprint density at radius 1 is 1.35 bits per heavy atom. The van der Waals surface area contributed by atoms with E-state index in [-0.39, 0.29) is 6.79 Å². The van der Waals surface area contributed by atoms with Gasteiger partial charge >= 0.3 is 0 Å². The molecule has 0 saturated heterocycles. The average Bonchev–Trinajstić information content (AvgIpc) is 2.90. The van der Waals surface area contributed by atoms with Crippen LogP contribution in [0.2, 0.25) is 0 Å². The van der Waals surface area contributed by atoms with Crippen LogP contribution < -0.4 is 15.2 Å². The van der Waals surface area contributed by atoms with Crippen molar-refractivity contribution in [2.45, 2.75) is 6.54 Å². The van der Waals surface area contributed by atoms with Crippen LogP contribution in [0.3, 0.4) is 0 Å². The second-order valence-corrected chi connectivity index (χ2v) is 4.58. The molecule has 0 fully saturated rings. The van der Waals surface area contributed by atoms with Gasteiger partial charge in [-0.25, -0.2) is 4.68 Å². The summed E-state index contributed by atoms with van der Waals surface area (Å²) in [7, 11) is 0. The summed E-state index contributed by atoms with van der Waals surface area (Å²) in [5.41, 5.74) is 6.93. The molecule has 1 aromatic carbocycles. The fraction of sp³-hybridized carbons (Fsp3) is 0.182. The van der Waals surface area contributed by atoms with E-state index in [1.54, 1.807) is 10.9 Å². The highest BCUT2D eigenvalue weighted by Gasteiger charge is 2.14. The SMILES string of the molecule is Nc1c(Br)cnn1Cc1ccc2c(c1)OCO2. The summed E-state index contributed by atoms with van der Waals surface area (Å²) in [6.45, 7) is 0.891. The molecule has 2 N–H and O–H groups in total. The van der Waals surface area contributed by atoms with E-state index in [0.29, 0.717) is 12.4 Å². The number of nitrogens with two attached hydrogens (primary N) is 1. The van der Waals surface area contributed by atoms with Crippen molar-refractivity contribution in [3.63, 3.8) is 0 Å². The fourth-order valence-electron chi connectivity index (χ4n) is 1.71. The molecule has 17 heavy (non-hydrogen) atoms. The number of anilines is 1. The molecule has 6 heteroatoms. The molecule has 88 valence electrons. The highest BCUT2D eigenvalue weighted by molar-refractivity contribution is 9.10. The molecule has 0 amide bonds. The van der Waals surface area contributed by atoms with E-state index >= 15 is 0 Å². The van der Waals surface area contributed by atoms with Crippen molar-refractivity contribution in [1.29, 1.82) is 0 Å². The second-order valence-electron chi connectivity index (χ2n) is 3.72. The van der Waals surface area contributed by atoms with Gasteiger partial charge in [-0.05, 0) is 33.6 Å². The van der Waals surface area contributed by atoms with Gasteiger partial charge in [0.05, 0.1) is 17.2 Å². The van der Waals surface area contributed by atoms with E-state index in [4.69, 9.17) is 15.2 Å². The van der Waals surface area contributed by atoms with Crippen LogP contribution in [0.15, 0.2) is 28.9 Å². The summed E-state index contributed by atoms with van der Waals surface area (Å²) in [6, 6.07) is 5.81. The van der Waals surface area contributed by atoms with Gasteiger partial charge in [0, 0.05) is 0 Å². The molecule has 0 saturated carbocycles. The molecule has 2 aromatic rings. The van der Waals surface area contributed by atoms with Crippen LogP contribution in [0.25, 0.3) is 0 Å². The molecule has 3 rings (SSSR count). The van der Waals surface area contributed by atoms with Crippen LogP contribution in [0.4, 0.5) is 5.82 Å². The molecular weight excluding hydrogens is 286 g/mol. The van der Waals surface area contributed by atoms with Crippen LogP contribution >= 0.6 is 15.9 Å². The molecular formula is C11H10BrN3O2. The number of benzene rings is 1. The predicted octanol–water partition coefficient (Wildman–Crippen LogP) is 2.00. The Bertz CT molecular complexity index is 568. The van der Waals surface area contributed by atoms with Gasteiger partial charge < -0.3 is 15.2 Å². The monoisotopic (exact) mass is 295 g/mol. The van der Waals surface area contributed by atoms with Crippen molar-refractivity contribution in [2.75, 3.05) is 12.5 Å². The Morgan fingerprint density at radius 3 is 2.94 bits per heavy atom. The summed E-state index contributed by atoms with van der Waals surface area (Å²) in [5, 5.41) is 4.18. The van der Waals surface area contributed by atoms with Gasteiger partial charge in [-0.15, -0.1) is 0 Å². The third-order valence-corrected chi connectivity index (χ3v) is 3.21. The molecule has 0 bridgehead atoms. The first-order chi connectivity index (χ1) is 8.24. The number of halogens is 1. The van der Waals surface area contributed by atoms with Crippen LogP contribution in [-0.4, -0.2) is 16.6 Å². The number of ether oxygens (including phenoxy) is 2. The highest BCUT2D eigenvalue weighted by atomic mass is 79.9. The van der Waals surface area contributed by atoms with E-state index < -0.39 is 0 Å². The first-order valence-corrected chi connectivity index (χ1v) is 5.88. The third-order valence-electron chi connectivity index (χ3n) is 2.60. The number of nitrogen functional groups attached to an aromatic ring is 1. The Labute approximate surface area is 106 Å². The van der Waals surface area contributed by atoms with Crippen LogP contribution in [0.5, 0.6) is 11.5 Å². The quantitative estimate of drug-likeness (QED) is 0.920. The second kappa shape index (κ2) is 3.96. The number of nitrogens with zero attached hydrogens (tertiary/aromatic N) is 2. The summed E-state index contributed by atoms with van der Waals surface area (Å²) in [6.07, 6.45) is 1.68. The lowest BCUT2D eigenvalue weighted by atomic mass is 10.2. The molecule has 0 spiro atoms. The highest BCUT2D eigenvalue weighted by Crippen LogP contribution is 2.32. The first kappa shape index (κ1) is 10.5. The van der Waals surface area contributed by atoms with Gasteiger partial charge in [0.1, 0.15) is 5.82 Å². The minimum absolute atomic E-state index is 0.286.